The predicted octanol–water partition coefficient (Wildman–Crippen LogP) is 1.62. The molecule has 104 valence electrons. The van der Waals surface area contributed by atoms with Gasteiger partial charge in [-0.2, -0.15) is 0 Å². The van der Waals surface area contributed by atoms with Crippen LogP contribution in [-0.4, -0.2) is 34.1 Å². The molecule has 1 aromatic carbocycles. The number of aliphatic hydroxyl groups excluding tert-OH is 1. The summed E-state index contributed by atoms with van der Waals surface area (Å²) in [6.45, 7) is 3.53. The van der Waals surface area contributed by atoms with E-state index in [1.165, 1.54) is 6.26 Å². The number of aliphatic hydroxyl groups is 2. The van der Waals surface area contributed by atoms with Gasteiger partial charge in [0.2, 0.25) is 0 Å². The largest absolute Gasteiger partial charge is 0.493 e. The summed E-state index contributed by atoms with van der Waals surface area (Å²) in [6, 6.07) is 9.75. The van der Waals surface area contributed by atoms with E-state index in [2.05, 4.69) is 0 Å². The number of benzene rings is 1. The van der Waals surface area contributed by atoms with Crippen LogP contribution in [0.2, 0.25) is 0 Å². The third-order valence-electron chi connectivity index (χ3n) is 3.81. The van der Waals surface area contributed by atoms with Gasteiger partial charge in [-0.05, 0) is 25.5 Å². The van der Waals surface area contributed by atoms with Gasteiger partial charge in [0.25, 0.3) is 0 Å². The van der Waals surface area contributed by atoms with Crippen molar-refractivity contribution in [3.63, 3.8) is 0 Å². The molecule has 0 amide bonds. The number of rotatable bonds is 4. The van der Waals surface area contributed by atoms with Crippen LogP contribution >= 0.6 is 0 Å². The second kappa shape index (κ2) is 5.33. The monoisotopic (exact) mass is 264 g/mol. The minimum atomic E-state index is -1.30. The van der Waals surface area contributed by atoms with Gasteiger partial charge < -0.3 is 19.7 Å². The van der Waals surface area contributed by atoms with E-state index in [0.29, 0.717) is 6.61 Å². The molecule has 3 atom stereocenters. The fourth-order valence-corrected chi connectivity index (χ4v) is 2.11. The lowest BCUT2D eigenvalue weighted by molar-refractivity contribution is -0.211. The van der Waals surface area contributed by atoms with Crippen molar-refractivity contribution in [1.29, 1.82) is 0 Å². The van der Waals surface area contributed by atoms with Crippen molar-refractivity contribution in [2.75, 3.05) is 6.61 Å². The Labute approximate surface area is 113 Å². The van der Waals surface area contributed by atoms with E-state index in [4.69, 9.17) is 9.47 Å². The normalized spacial score (nSPS) is 34.0. The van der Waals surface area contributed by atoms with Gasteiger partial charge in [0.1, 0.15) is 11.2 Å². The maximum atomic E-state index is 10.6. The van der Waals surface area contributed by atoms with Crippen molar-refractivity contribution in [3.05, 3.63) is 48.2 Å². The van der Waals surface area contributed by atoms with Gasteiger partial charge >= 0.3 is 0 Å². The fourth-order valence-electron chi connectivity index (χ4n) is 2.11. The molecule has 0 fully saturated rings. The van der Waals surface area contributed by atoms with E-state index >= 15 is 0 Å². The molecule has 1 aromatic rings. The summed E-state index contributed by atoms with van der Waals surface area (Å²) in [4.78, 5) is 0. The van der Waals surface area contributed by atoms with Crippen molar-refractivity contribution in [2.45, 2.75) is 37.8 Å². The molecule has 4 heteroatoms. The van der Waals surface area contributed by atoms with Gasteiger partial charge in [-0.25, -0.2) is 0 Å². The number of hydrogen-bond acceptors (Lipinski definition) is 4. The lowest BCUT2D eigenvalue weighted by Gasteiger charge is -2.46. The Balaban J connectivity index is 2.13. The van der Waals surface area contributed by atoms with Crippen LogP contribution in [0.5, 0.6) is 0 Å². The first kappa shape index (κ1) is 14.1. The average Bonchev–Trinajstić information content (AvgIpc) is 2.41. The van der Waals surface area contributed by atoms with E-state index in [-0.39, 0.29) is 6.61 Å². The van der Waals surface area contributed by atoms with Crippen LogP contribution in [0.1, 0.15) is 19.4 Å². The van der Waals surface area contributed by atoms with Crippen LogP contribution in [0, 0.1) is 0 Å². The molecule has 1 aliphatic rings. The standard InChI is InChI=1S/C15H20O4/c1-14(19-11-12-6-4-3-5-7-12)8-9-18-13(10-16)15(14,2)17/h3-9,13,16-17H,10-11H2,1-2H3/t13?,14-,15-/m1/s1. The first-order chi connectivity index (χ1) is 8.99. The maximum Gasteiger partial charge on any atom is 0.152 e. The lowest BCUT2D eigenvalue weighted by Crippen LogP contribution is -2.61. The molecule has 0 saturated heterocycles. The Morgan fingerprint density at radius 2 is 1.95 bits per heavy atom. The van der Waals surface area contributed by atoms with E-state index in [1.54, 1.807) is 19.9 Å². The Morgan fingerprint density at radius 1 is 1.26 bits per heavy atom. The van der Waals surface area contributed by atoms with Crippen molar-refractivity contribution in [1.82, 2.24) is 0 Å². The van der Waals surface area contributed by atoms with E-state index < -0.39 is 17.3 Å². The van der Waals surface area contributed by atoms with Crippen LogP contribution in [-0.2, 0) is 16.1 Å². The van der Waals surface area contributed by atoms with Crippen molar-refractivity contribution < 1.29 is 19.7 Å². The maximum absolute atomic E-state index is 10.6. The SMILES string of the molecule is C[C@@]1(OCc2ccccc2)C=COC(CO)[C@@]1(C)O. The first-order valence-electron chi connectivity index (χ1n) is 6.34. The van der Waals surface area contributed by atoms with Gasteiger partial charge in [-0.15, -0.1) is 0 Å². The van der Waals surface area contributed by atoms with E-state index in [9.17, 15) is 10.2 Å². The molecular weight excluding hydrogens is 244 g/mol. The topological polar surface area (TPSA) is 58.9 Å². The Hall–Kier alpha value is -1.36. The summed E-state index contributed by atoms with van der Waals surface area (Å²) >= 11 is 0. The van der Waals surface area contributed by atoms with Crippen molar-refractivity contribution in [3.8, 4) is 0 Å². The lowest BCUT2D eigenvalue weighted by atomic mass is 9.80. The zero-order valence-corrected chi connectivity index (χ0v) is 11.2. The summed E-state index contributed by atoms with van der Waals surface area (Å²) in [5.74, 6) is 0. The van der Waals surface area contributed by atoms with Gasteiger partial charge in [0.15, 0.2) is 6.10 Å². The molecule has 0 bridgehead atoms. The quantitative estimate of drug-likeness (QED) is 0.867. The van der Waals surface area contributed by atoms with Gasteiger partial charge in [-0.3, -0.25) is 0 Å². The Bertz CT molecular complexity index is 441. The van der Waals surface area contributed by atoms with Crippen LogP contribution in [0.3, 0.4) is 0 Å². The molecule has 2 rings (SSSR count). The molecule has 0 spiro atoms. The Kier molecular flexibility index (Phi) is 3.94. The molecule has 2 N–H and O–H groups in total. The predicted molar refractivity (Wildman–Crippen MR) is 71.4 cm³/mol. The summed E-state index contributed by atoms with van der Waals surface area (Å²) in [5, 5.41) is 19.8. The molecule has 0 aromatic heterocycles. The second-order valence-corrected chi connectivity index (χ2v) is 5.14. The second-order valence-electron chi connectivity index (χ2n) is 5.14. The highest BCUT2D eigenvalue weighted by Gasteiger charge is 2.51. The summed E-state index contributed by atoms with van der Waals surface area (Å²) in [7, 11) is 0. The molecule has 0 saturated carbocycles. The smallest absolute Gasteiger partial charge is 0.152 e. The molecular formula is C15H20O4. The molecule has 1 unspecified atom stereocenters. The van der Waals surface area contributed by atoms with Gasteiger partial charge in [0, 0.05) is 0 Å². The number of ether oxygens (including phenoxy) is 2. The summed E-state index contributed by atoms with van der Waals surface area (Å²) in [5.41, 5.74) is -1.18. The summed E-state index contributed by atoms with van der Waals surface area (Å²) < 4.78 is 11.1. The molecule has 0 aliphatic carbocycles. The minimum Gasteiger partial charge on any atom is -0.493 e. The Morgan fingerprint density at radius 3 is 2.58 bits per heavy atom. The van der Waals surface area contributed by atoms with Crippen molar-refractivity contribution in [2.24, 2.45) is 0 Å². The third kappa shape index (κ3) is 2.66. The third-order valence-corrected chi connectivity index (χ3v) is 3.81. The molecule has 1 heterocycles. The van der Waals surface area contributed by atoms with Crippen molar-refractivity contribution >= 4 is 0 Å². The molecule has 0 radical (unpaired) electrons. The molecule has 4 nitrogen and oxygen atoms in total. The zero-order chi connectivity index (χ0) is 13.9. The highest BCUT2D eigenvalue weighted by molar-refractivity contribution is 5.17. The number of hydrogen-bond donors (Lipinski definition) is 2. The van der Waals surface area contributed by atoms with Crippen LogP contribution in [0.15, 0.2) is 42.7 Å². The zero-order valence-electron chi connectivity index (χ0n) is 11.2. The molecule has 19 heavy (non-hydrogen) atoms. The fraction of sp³-hybridized carbons (Fsp3) is 0.467. The van der Waals surface area contributed by atoms with Gasteiger partial charge in [0.05, 0.1) is 19.5 Å². The van der Waals surface area contributed by atoms with Crippen LogP contribution in [0.25, 0.3) is 0 Å². The van der Waals surface area contributed by atoms with Crippen LogP contribution in [0.4, 0.5) is 0 Å². The van der Waals surface area contributed by atoms with Gasteiger partial charge in [-0.1, -0.05) is 30.3 Å². The molecule has 1 aliphatic heterocycles. The highest BCUT2D eigenvalue weighted by Crippen LogP contribution is 2.36. The highest BCUT2D eigenvalue weighted by atomic mass is 16.5. The average molecular weight is 264 g/mol. The van der Waals surface area contributed by atoms with E-state index in [0.717, 1.165) is 5.56 Å². The summed E-state index contributed by atoms with van der Waals surface area (Å²) in [6.07, 6.45) is 2.46. The minimum absolute atomic E-state index is 0.262. The van der Waals surface area contributed by atoms with E-state index in [1.807, 2.05) is 30.3 Å². The van der Waals surface area contributed by atoms with Crippen LogP contribution < -0.4 is 0 Å². The first-order valence-corrected chi connectivity index (χ1v) is 6.34.